The number of hydrogen-bond acceptors (Lipinski definition) is 2. The third-order valence-electron chi connectivity index (χ3n) is 6.70. The first-order chi connectivity index (χ1) is 12.7. The smallest absolute Gasteiger partial charge is 0.225 e. The van der Waals surface area contributed by atoms with Crippen LogP contribution in [0, 0.1) is 17.8 Å². The van der Waals surface area contributed by atoms with Crippen molar-refractivity contribution in [3.8, 4) is 0 Å². The Bertz CT molecular complexity index is 595. The second-order valence-electron chi connectivity index (χ2n) is 9.06. The first-order valence-corrected chi connectivity index (χ1v) is 10.7. The van der Waals surface area contributed by atoms with Crippen molar-refractivity contribution in [2.45, 2.75) is 57.9 Å². The zero-order valence-corrected chi connectivity index (χ0v) is 16.3. The Balaban J connectivity index is 1.33. The maximum absolute atomic E-state index is 12.8. The molecule has 3 heteroatoms. The number of amides is 1. The summed E-state index contributed by atoms with van der Waals surface area (Å²) in [7, 11) is 2.23. The fourth-order valence-electron chi connectivity index (χ4n) is 4.36. The summed E-state index contributed by atoms with van der Waals surface area (Å²) in [6.45, 7) is 4.26. The molecule has 0 atom stereocenters. The molecule has 0 bridgehead atoms. The molecule has 142 valence electrons. The number of benzene rings is 1. The second kappa shape index (κ2) is 8.12. The molecule has 0 unspecified atom stereocenters. The molecule has 1 heterocycles. The van der Waals surface area contributed by atoms with E-state index in [0.29, 0.717) is 11.8 Å². The first kappa shape index (κ1) is 18.0. The van der Waals surface area contributed by atoms with Crippen LogP contribution in [0.3, 0.4) is 0 Å². The van der Waals surface area contributed by atoms with Gasteiger partial charge in [-0.15, -0.1) is 0 Å². The van der Waals surface area contributed by atoms with E-state index in [1.807, 2.05) is 0 Å². The van der Waals surface area contributed by atoms with Crippen LogP contribution < -0.4 is 0 Å². The second-order valence-corrected chi connectivity index (χ2v) is 9.06. The molecule has 3 nitrogen and oxygen atoms in total. The van der Waals surface area contributed by atoms with Crippen molar-refractivity contribution in [1.82, 2.24) is 9.80 Å². The van der Waals surface area contributed by atoms with Gasteiger partial charge in [0.2, 0.25) is 5.91 Å². The molecule has 4 rings (SSSR count). The van der Waals surface area contributed by atoms with E-state index in [-0.39, 0.29) is 0 Å². The Morgan fingerprint density at radius 3 is 2.19 bits per heavy atom. The summed E-state index contributed by atoms with van der Waals surface area (Å²) in [5.41, 5.74) is 2.76. The van der Waals surface area contributed by atoms with Gasteiger partial charge < -0.3 is 9.80 Å². The van der Waals surface area contributed by atoms with E-state index in [4.69, 9.17) is 0 Å². The van der Waals surface area contributed by atoms with Crippen molar-refractivity contribution in [2.24, 2.45) is 17.8 Å². The lowest BCUT2D eigenvalue weighted by Gasteiger charge is -2.32. The molecule has 0 N–H and O–H groups in total. The van der Waals surface area contributed by atoms with E-state index in [1.165, 1.54) is 62.7 Å². The van der Waals surface area contributed by atoms with Gasteiger partial charge in [-0.1, -0.05) is 30.7 Å². The van der Waals surface area contributed by atoms with Gasteiger partial charge in [0, 0.05) is 19.0 Å². The maximum Gasteiger partial charge on any atom is 0.225 e. The van der Waals surface area contributed by atoms with Crippen molar-refractivity contribution in [3.63, 3.8) is 0 Å². The molecular formula is C23H34N2O. The van der Waals surface area contributed by atoms with Gasteiger partial charge in [-0.25, -0.2) is 0 Å². The van der Waals surface area contributed by atoms with E-state index in [0.717, 1.165) is 37.8 Å². The van der Waals surface area contributed by atoms with Crippen LogP contribution in [-0.4, -0.2) is 42.4 Å². The average Bonchev–Trinajstić information content (AvgIpc) is 3.40. The predicted octanol–water partition coefficient (Wildman–Crippen LogP) is 4.11. The lowest BCUT2D eigenvalue weighted by atomic mass is 9.84. The van der Waals surface area contributed by atoms with Crippen LogP contribution in [0.4, 0.5) is 0 Å². The van der Waals surface area contributed by atoms with Crippen molar-refractivity contribution in [2.75, 3.05) is 26.7 Å². The third-order valence-corrected chi connectivity index (χ3v) is 6.70. The predicted molar refractivity (Wildman–Crippen MR) is 106 cm³/mol. The number of piperidine rings is 1. The van der Waals surface area contributed by atoms with Crippen molar-refractivity contribution >= 4 is 5.91 Å². The number of likely N-dealkylation sites (tertiary alicyclic amines) is 1. The molecule has 0 aromatic heterocycles. The first-order valence-electron chi connectivity index (χ1n) is 10.7. The fraction of sp³-hybridized carbons (Fsp3) is 0.696. The molecule has 0 spiro atoms. The molecule has 1 aliphatic heterocycles. The van der Waals surface area contributed by atoms with Crippen LogP contribution in [-0.2, 0) is 17.8 Å². The Morgan fingerprint density at radius 1 is 0.962 bits per heavy atom. The van der Waals surface area contributed by atoms with Gasteiger partial charge in [0.05, 0.1) is 0 Å². The third kappa shape index (κ3) is 4.68. The molecule has 2 saturated carbocycles. The highest BCUT2D eigenvalue weighted by Gasteiger charge is 2.33. The van der Waals surface area contributed by atoms with Gasteiger partial charge in [-0.2, -0.15) is 0 Å². The molecule has 0 radical (unpaired) electrons. The summed E-state index contributed by atoms with van der Waals surface area (Å²) >= 11 is 0. The van der Waals surface area contributed by atoms with Crippen LogP contribution in [0.1, 0.15) is 56.1 Å². The summed E-state index contributed by atoms with van der Waals surface area (Å²) in [6.07, 6.45) is 9.92. The molecule has 1 aromatic rings. The Hall–Kier alpha value is -1.35. The van der Waals surface area contributed by atoms with Gasteiger partial charge in [0.15, 0.2) is 0 Å². The van der Waals surface area contributed by atoms with Gasteiger partial charge in [-0.3, -0.25) is 4.79 Å². The summed E-state index contributed by atoms with van der Waals surface area (Å²) in [5.74, 6) is 2.34. The van der Waals surface area contributed by atoms with Crippen molar-refractivity contribution in [1.29, 1.82) is 0 Å². The van der Waals surface area contributed by atoms with Crippen molar-refractivity contribution < 1.29 is 4.79 Å². The molecule has 2 aliphatic carbocycles. The molecule has 26 heavy (non-hydrogen) atoms. The Morgan fingerprint density at radius 2 is 1.62 bits per heavy atom. The van der Waals surface area contributed by atoms with Crippen LogP contribution in [0.15, 0.2) is 24.3 Å². The van der Waals surface area contributed by atoms with Crippen LogP contribution >= 0.6 is 0 Å². The van der Waals surface area contributed by atoms with Crippen LogP contribution in [0.2, 0.25) is 0 Å². The van der Waals surface area contributed by atoms with Gasteiger partial charge in [0.25, 0.3) is 0 Å². The van der Waals surface area contributed by atoms with Gasteiger partial charge in [0.1, 0.15) is 0 Å². The zero-order valence-electron chi connectivity index (χ0n) is 16.3. The van der Waals surface area contributed by atoms with Crippen LogP contribution in [0.25, 0.3) is 0 Å². The van der Waals surface area contributed by atoms with Crippen molar-refractivity contribution in [3.05, 3.63) is 35.4 Å². The number of carbonyl (C=O) groups excluding carboxylic acids is 1. The van der Waals surface area contributed by atoms with E-state index >= 15 is 0 Å². The topological polar surface area (TPSA) is 23.6 Å². The lowest BCUT2D eigenvalue weighted by Crippen LogP contribution is -2.39. The van der Waals surface area contributed by atoms with E-state index < -0.39 is 0 Å². The number of nitrogens with zero attached hydrogens (tertiary/aromatic N) is 2. The summed E-state index contributed by atoms with van der Waals surface area (Å²) < 4.78 is 0. The molecular weight excluding hydrogens is 320 g/mol. The largest absolute Gasteiger partial charge is 0.338 e. The summed E-state index contributed by atoms with van der Waals surface area (Å²) in [6, 6.07) is 9.13. The quantitative estimate of drug-likeness (QED) is 0.736. The minimum atomic E-state index is 0.317. The molecule has 1 saturated heterocycles. The average molecular weight is 355 g/mol. The van der Waals surface area contributed by atoms with Crippen LogP contribution in [0.5, 0.6) is 0 Å². The molecule has 1 amide bonds. The standard InChI is InChI=1S/C23H34N2O/c1-24-13-11-19(12-14-24)15-18-5-7-20(8-6-18)16-25(17-21-9-10-21)23(26)22-3-2-4-22/h5-8,19,21-22H,2-4,9-17H2,1H3. The number of carbonyl (C=O) groups is 1. The number of hydrogen-bond donors (Lipinski definition) is 0. The molecule has 3 aliphatic rings. The minimum Gasteiger partial charge on any atom is -0.338 e. The summed E-state index contributed by atoms with van der Waals surface area (Å²) in [4.78, 5) is 17.4. The SMILES string of the molecule is CN1CCC(Cc2ccc(CN(CC3CC3)C(=O)C3CCC3)cc2)CC1. The fourth-order valence-corrected chi connectivity index (χ4v) is 4.36. The highest BCUT2D eigenvalue weighted by Crippen LogP contribution is 2.33. The monoisotopic (exact) mass is 354 g/mol. The lowest BCUT2D eigenvalue weighted by molar-refractivity contribution is -0.139. The number of rotatable bonds is 7. The molecule has 1 aromatic carbocycles. The highest BCUT2D eigenvalue weighted by molar-refractivity contribution is 5.79. The van der Waals surface area contributed by atoms with E-state index in [2.05, 4.69) is 41.1 Å². The molecule has 3 fully saturated rings. The Labute approximate surface area is 158 Å². The van der Waals surface area contributed by atoms with E-state index in [1.54, 1.807) is 0 Å². The van der Waals surface area contributed by atoms with Gasteiger partial charge in [-0.05, 0) is 88.0 Å². The maximum atomic E-state index is 12.8. The summed E-state index contributed by atoms with van der Waals surface area (Å²) in [5, 5.41) is 0. The zero-order chi connectivity index (χ0) is 17.9. The minimum absolute atomic E-state index is 0.317. The Kier molecular flexibility index (Phi) is 5.63. The van der Waals surface area contributed by atoms with Gasteiger partial charge >= 0.3 is 0 Å². The van der Waals surface area contributed by atoms with E-state index in [9.17, 15) is 4.79 Å². The normalized spacial score (nSPS) is 22.2. The highest BCUT2D eigenvalue weighted by atomic mass is 16.2.